The van der Waals surface area contributed by atoms with Crippen LogP contribution in [-0.2, 0) is 11.2 Å². The van der Waals surface area contributed by atoms with Gasteiger partial charge >= 0.3 is 0 Å². The third-order valence-corrected chi connectivity index (χ3v) is 3.39. The summed E-state index contributed by atoms with van der Waals surface area (Å²) in [5.74, 6) is 1.03. The number of hydrogen-bond acceptors (Lipinski definition) is 4. The lowest BCUT2D eigenvalue weighted by molar-refractivity contribution is -0.116. The summed E-state index contributed by atoms with van der Waals surface area (Å²) >= 11 is 0. The average Bonchev–Trinajstić information content (AvgIpc) is 2.36. The number of fused-ring (bicyclic) bond motifs is 1. The Hall–Kier alpha value is -2.10. The van der Waals surface area contributed by atoms with Crippen molar-refractivity contribution in [3.05, 3.63) is 39.7 Å². The van der Waals surface area contributed by atoms with Crippen LogP contribution in [-0.4, -0.2) is 11.9 Å². The molecule has 1 heterocycles. The van der Waals surface area contributed by atoms with Crippen LogP contribution in [0.2, 0.25) is 0 Å². The lowest BCUT2D eigenvalue weighted by atomic mass is 10.1. The van der Waals surface area contributed by atoms with E-state index in [4.69, 9.17) is 9.15 Å². The fourth-order valence-corrected chi connectivity index (χ4v) is 2.22. The first kappa shape index (κ1) is 15.3. The number of ether oxygens (including phenoxy) is 1. The molecule has 0 aliphatic rings. The molecule has 0 fully saturated rings. The SMILES string of the molecule is CCC(C)Oc1cc(C)c2c(=O)cc(CC(C)=O)oc2c1. The second kappa shape index (κ2) is 6.12. The van der Waals surface area contributed by atoms with Crippen molar-refractivity contribution in [2.45, 2.75) is 46.6 Å². The topological polar surface area (TPSA) is 56.5 Å². The summed E-state index contributed by atoms with van der Waals surface area (Å²) < 4.78 is 11.5. The van der Waals surface area contributed by atoms with Crippen LogP contribution >= 0.6 is 0 Å². The number of carbonyl (C=O) groups is 1. The normalized spacial score (nSPS) is 12.4. The van der Waals surface area contributed by atoms with Crippen molar-refractivity contribution in [2.75, 3.05) is 0 Å². The van der Waals surface area contributed by atoms with E-state index in [1.807, 2.05) is 26.8 Å². The molecule has 1 aromatic heterocycles. The highest BCUT2D eigenvalue weighted by Crippen LogP contribution is 2.25. The monoisotopic (exact) mass is 288 g/mol. The molecule has 2 aromatic rings. The van der Waals surface area contributed by atoms with Crippen LogP contribution in [0.3, 0.4) is 0 Å². The predicted octanol–water partition coefficient (Wildman–Crippen LogP) is 3.41. The van der Waals surface area contributed by atoms with E-state index >= 15 is 0 Å². The van der Waals surface area contributed by atoms with Gasteiger partial charge in [-0.25, -0.2) is 0 Å². The molecular formula is C17H20O4. The molecule has 21 heavy (non-hydrogen) atoms. The summed E-state index contributed by atoms with van der Waals surface area (Å²) in [4.78, 5) is 23.4. The molecule has 1 aromatic carbocycles. The fourth-order valence-electron chi connectivity index (χ4n) is 2.22. The average molecular weight is 288 g/mol. The lowest BCUT2D eigenvalue weighted by Crippen LogP contribution is -2.11. The van der Waals surface area contributed by atoms with Crippen LogP contribution in [0.15, 0.2) is 27.4 Å². The minimum atomic E-state index is -0.125. The van der Waals surface area contributed by atoms with Gasteiger partial charge in [-0.15, -0.1) is 0 Å². The summed E-state index contributed by atoms with van der Waals surface area (Å²) in [6.45, 7) is 7.36. The van der Waals surface area contributed by atoms with E-state index < -0.39 is 0 Å². The molecule has 0 spiro atoms. The predicted molar refractivity (Wildman–Crippen MR) is 82.0 cm³/mol. The maximum Gasteiger partial charge on any atom is 0.193 e. The molecule has 0 amide bonds. The second-order valence-corrected chi connectivity index (χ2v) is 5.41. The molecule has 0 saturated carbocycles. The van der Waals surface area contributed by atoms with E-state index in [-0.39, 0.29) is 23.7 Å². The van der Waals surface area contributed by atoms with E-state index in [0.29, 0.717) is 22.5 Å². The third kappa shape index (κ3) is 3.51. The van der Waals surface area contributed by atoms with Crippen LogP contribution in [0.25, 0.3) is 11.0 Å². The molecule has 2 rings (SSSR count). The Kier molecular flexibility index (Phi) is 4.46. The highest BCUT2D eigenvalue weighted by Gasteiger charge is 2.12. The Labute approximate surface area is 123 Å². The number of benzene rings is 1. The summed E-state index contributed by atoms with van der Waals surface area (Å²) in [5.41, 5.74) is 1.16. The van der Waals surface area contributed by atoms with Crippen molar-refractivity contribution in [2.24, 2.45) is 0 Å². The van der Waals surface area contributed by atoms with Crippen molar-refractivity contribution >= 4 is 16.8 Å². The van der Waals surface area contributed by atoms with Gasteiger partial charge in [0.1, 0.15) is 22.9 Å². The van der Waals surface area contributed by atoms with Crippen molar-refractivity contribution in [1.29, 1.82) is 0 Å². The van der Waals surface area contributed by atoms with Gasteiger partial charge in [0.25, 0.3) is 0 Å². The molecule has 0 N–H and O–H groups in total. The molecule has 1 unspecified atom stereocenters. The van der Waals surface area contributed by atoms with Crippen molar-refractivity contribution < 1.29 is 13.9 Å². The van der Waals surface area contributed by atoms with Crippen LogP contribution in [0.4, 0.5) is 0 Å². The molecule has 4 nitrogen and oxygen atoms in total. The van der Waals surface area contributed by atoms with Gasteiger partial charge in [-0.05, 0) is 38.8 Å². The number of Topliss-reactive ketones (excluding diaryl/α,β-unsaturated/α-hetero) is 1. The Balaban J connectivity index is 2.54. The van der Waals surface area contributed by atoms with E-state index in [2.05, 4.69) is 0 Å². The lowest BCUT2D eigenvalue weighted by Gasteiger charge is -2.14. The summed E-state index contributed by atoms with van der Waals surface area (Å²) in [5, 5.41) is 0.541. The zero-order valence-electron chi connectivity index (χ0n) is 12.9. The Morgan fingerprint density at radius 3 is 2.67 bits per heavy atom. The van der Waals surface area contributed by atoms with Crippen LogP contribution in [0.5, 0.6) is 5.75 Å². The first-order valence-corrected chi connectivity index (χ1v) is 7.14. The van der Waals surface area contributed by atoms with Crippen molar-refractivity contribution in [1.82, 2.24) is 0 Å². The van der Waals surface area contributed by atoms with Gasteiger partial charge < -0.3 is 9.15 Å². The number of carbonyl (C=O) groups excluding carboxylic acids is 1. The summed E-state index contributed by atoms with van der Waals surface area (Å²) in [7, 11) is 0. The molecule has 0 bridgehead atoms. The number of aryl methyl sites for hydroxylation is 1. The molecular weight excluding hydrogens is 268 g/mol. The van der Waals surface area contributed by atoms with Crippen LogP contribution in [0.1, 0.15) is 38.5 Å². The number of rotatable bonds is 5. The van der Waals surface area contributed by atoms with E-state index in [1.54, 1.807) is 6.07 Å². The maximum atomic E-state index is 12.2. The summed E-state index contributed by atoms with van der Waals surface area (Å²) in [6.07, 6.45) is 1.11. The zero-order valence-corrected chi connectivity index (χ0v) is 12.9. The van der Waals surface area contributed by atoms with Gasteiger partial charge in [0, 0.05) is 12.1 Å². The quantitative estimate of drug-likeness (QED) is 0.846. The molecule has 0 aliphatic heterocycles. The molecule has 0 aliphatic carbocycles. The molecule has 1 atom stereocenters. The zero-order chi connectivity index (χ0) is 15.6. The molecule has 4 heteroatoms. The van der Waals surface area contributed by atoms with Gasteiger partial charge in [-0.1, -0.05) is 6.92 Å². The summed E-state index contributed by atoms with van der Waals surface area (Å²) in [6, 6.07) is 4.96. The third-order valence-electron chi connectivity index (χ3n) is 3.39. The number of ketones is 1. The van der Waals surface area contributed by atoms with Gasteiger partial charge in [-0.2, -0.15) is 0 Å². The smallest absolute Gasteiger partial charge is 0.193 e. The largest absolute Gasteiger partial charge is 0.491 e. The first-order chi connectivity index (χ1) is 9.90. The van der Waals surface area contributed by atoms with Crippen molar-refractivity contribution in [3.8, 4) is 5.75 Å². The Morgan fingerprint density at radius 2 is 2.05 bits per heavy atom. The highest BCUT2D eigenvalue weighted by molar-refractivity contribution is 5.83. The van der Waals surface area contributed by atoms with Gasteiger partial charge in [0.15, 0.2) is 5.43 Å². The minimum absolute atomic E-state index is 0.0405. The number of hydrogen-bond donors (Lipinski definition) is 0. The fraction of sp³-hybridized carbons (Fsp3) is 0.412. The van der Waals surface area contributed by atoms with E-state index in [0.717, 1.165) is 12.0 Å². The van der Waals surface area contributed by atoms with E-state index in [9.17, 15) is 9.59 Å². The van der Waals surface area contributed by atoms with Gasteiger partial charge in [0.05, 0.1) is 17.9 Å². The Bertz CT molecular complexity index is 727. The first-order valence-electron chi connectivity index (χ1n) is 7.14. The van der Waals surface area contributed by atoms with Crippen molar-refractivity contribution in [3.63, 3.8) is 0 Å². The second-order valence-electron chi connectivity index (χ2n) is 5.41. The molecule has 112 valence electrons. The van der Waals surface area contributed by atoms with Crippen LogP contribution in [0, 0.1) is 6.92 Å². The Morgan fingerprint density at radius 1 is 1.33 bits per heavy atom. The maximum absolute atomic E-state index is 12.2. The minimum Gasteiger partial charge on any atom is -0.491 e. The molecule has 0 saturated heterocycles. The standard InChI is InChI=1S/C17H20O4/c1-5-12(4)20-13-6-10(2)17-15(19)8-14(7-11(3)18)21-16(17)9-13/h6,8-9,12H,5,7H2,1-4H3. The van der Waals surface area contributed by atoms with Gasteiger partial charge in [0.2, 0.25) is 0 Å². The van der Waals surface area contributed by atoms with Crippen LogP contribution < -0.4 is 10.2 Å². The molecule has 0 radical (unpaired) electrons. The highest BCUT2D eigenvalue weighted by atomic mass is 16.5. The van der Waals surface area contributed by atoms with E-state index in [1.165, 1.54) is 13.0 Å². The van der Waals surface area contributed by atoms with Gasteiger partial charge in [-0.3, -0.25) is 9.59 Å².